The van der Waals surface area contributed by atoms with E-state index in [0.29, 0.717) is 28.2 Å². The lowest BCUT2D eigenvalue weighted by molar-refractivity contribution is 0.254. The van der Waals surface area contributed by atoms with Crippen LogP contribution in [0.25, 0.3) is 12.2 Å². The summed E-state index contributed by atoms with van der Waals surface area (Å²) in [4.78, 5) is 0. The van der Waals surface area contributed by atoms with Crippen molar-refractivity contribution in [3.05, 3.63) is 46.5 Å². The largest absolute Gasteiger partial charge is 0.504 e. The summed E-state index contributed by atoms with van der Waals surface area (Å²) in [5.74, 6) is 1.16. The molecule has 0 bridgehead atoms. The van der Waals surface area contributed by atoms with E-state index in [9.17, 15) is 15.3 Å². The zero-order chi connectivity index (χ0) is 18.4. The fourth-order valence-electron chi connectivity index (χ4n) is 2.57. The molecule has 0 aliphatic carbocycles. The summed E-state index contributed by atoms with van der Waals surface area (Å²) in [6.45, 7) is -0.435. The number of aliphatic hydroxyl groups excluding tert-OH is 2. The average Bonchev–Trinajstić information content (AvgIpc) is 2.65. The van der Waals surface area contributed by atoms with E-state index in [1.165, 1.54) is 21.3 Å². The van der Waals surface area contributed by atoms with Crippen LogP contribution in [0.3, 0.4) is 0 Å². The molecule has 0 atom stereocenters. The van der Waals surface area contributed by atoms with Gasteiger partial charge in [0.05, 0.1) is 34.5 Å². The van der Waals surface area contributed by atoms with Crippen LogP contribution in [0.4, 0.5) is 0 Å². The van der Waals surface area contributed by atoms with E-state index in [4.69, 9.17) is 14.2 Å². The first-order valence-corrected chi connectivity index (χ1v) is 7.63. The molecule has 0 spiro atoms. The second-order valence-electron chi connectivity index (χ2n) is 5.25. The molecule has 0 saturated carbocycles. The van der Waals surface area contributed by atoms with Gasteiger partial charge in [0.15, 0.2) is 11.5 Å². The molecule has 2 aromatic rings. The van der Waals surface area contributed by atoms with E-state index >= 15 is 0 Å². The number of hydrogen-bond acceptors (Lipinski definition) is 6. The Labute approximate surface area is 146 Å². The maximum atomic E-state index is 10.3. The number of hydrogen-bond donors (Lipinski definition) is 3. The van der Waals surface area contributed by atoms with Gasteiger partial charge in [0.1, 0.15) is 5.75 Å². The molecule has 2 rings (SSSR count). The maximum absolute atomic E-state index is 10.3. The summed E-state index contributed by atoms with van der Waals surface area (Å²) in [6.07, 6.45) is 3.48. The molecule has 134 valence electrons. The smallest absolute Gasteiger partial charge is 0.203 e. The van der Waals surface area contributed by atoms with Crippen LogP contribution in [0, 0.1) is 0 Å². The second kappa shape index (κ2) is 8.41. The molecule has 0 saturated heterocycles. The standard InChI is InChI=1S/C19H22O6/c1-23-16-7-6-13(18(22)19(16)25-3)5-4-12-8-14(10-20)15(11-21)17(9-12)24-2/h4-9,20-22H,10-11H2,1-3H3. The van der Waals surface area contributed by atoms with Crippen LogP contribution in [0.2, 0.25) is 0 Å². The highest BCUT2D eigenvalue weighted by molar-refractivity contribution is 5.76. The number of phenolic OH excluding ortho intramolecular Hbond substituents is 1. The lowest BCUT2D eigenvalue weighted by atomic mass is 10.0. The van der Waals surface area contributed by atoms with Gasteiger partial charge in [-0.3, -0.25) is 0 Å². The van der Waals surface area contributed by atoms with Crippen molar-refractivity contribution in [2.45, 2.75) is 13.2 Å². The molecule has 0 radical (unpaired) electrons. The Hall–Kier alpha value is -2.70. The molecule has 0 fully saturated rings. The third-order valence-corrected chi connectivity index (χ3v) is 3.88. The summed E-state index contributed by atoms with van der Waals surface area (Å²) in [5.41, 5.74) is 2.44. The van der Waals surface area contributed by atoms with E-state index in [0.717, 1.165) is 5.56 Å². The van der Waals surface area contributed by atoms with Gasteiger partial charge < -0.3 is 29.5 Å². The molecule has 3 N–H and O–H groups in total. The molecule has 2 aromatic carbocycles. The Kier molecular flexibility index (Phi) is 6.27. The SMILES string of the molecule is COc1cc(C=Cc2ccc(OC)c(OC)c2O)cc(CO)c1CO. The Morgan fingerprint density at radius 2 is 1.60 bits per heavy atom. The Morgan fingerprint density at radius 3 is 2.16 bits per heavy atom. The minimum absolute atomic E-state index is 0.0283. The number of aliphatic hydroxyl groups is 2. The van der Waals surface area contributed by atoms with Crippen LogP contribution >= 0.6 is 0 Å². The molecule has 6 heteroatoms. The molecule has 25 heavy (non-hydrogen) atoms. The van der Waals surface area contributed by atoms with Gasteiger partial charge in [0, 0.05) is 11.1 Å². The first-order chi connectivity index (χ1) is 12.1. The predicted octanol–water partition coefficient (Wildman–Crippen LogP) is 2.57. The van der Waals surface area contributed by atoms with Crippen molar-refractivity contribution in [2.24, 2.45) is 0 Å². The highest BCUT2D eigenvalue weighted by Gasteiger charge is 2.13. The Bertz CT molecular complexity index is 742. The van der Waals surface area contributed by atoms with Gasteiger partial charge in [-0.1, -0.05) is 12.2 Å². The summed E-state index contributed by atoms with van der Waals surface area (Å²) < 4.78 is 15.6. The molecule has 0 unspecified atom stereocenters. The maximum Gasteiger partial charge on any atom is 0.203 e. The second-order valence-corrected chi connectivity index (χ2v) is 5.25. The quantitative estimate of drug-likeness (QED) is 0.668. The van der Waals surface area contributed by atoms with Gasteiger partial charge in [-0.15, -0.1) is 0 Å². The van der Waals surface area contributed by atoms with Gasteiger partial charge in [-0.05, 0) is 35.4 Å². The first kappa shape index (κ1) is 18.6. The van der Waals surface area contributed by atoms with Crippen LogP contribution in [0.1, 0.15) is 22.3 Å². The van der Waals surface area contributed by atoms with E-state index in [1.54, 1.807) is 36.4 Å². The fraction of sp³-hybridized carbons (Fsp3) is 0.263. The zero-order valence-electron chi connectivity index (χ0n) is 14.4. The number of ether oxygens (including phenoxy) is 3. The monoisotopic (exact) mass is 346 g/mol. The molecule has 6 nitrogen and oxygen atoms in total. The molecule has 0 aromatic heterocycles. The van der Waals surface area contributed by atoms with Crippen molar-refractivity contribution in [1.82, 2.24) is 0 Å². The van der Waals surface area contributed by atoms with Gasteiger partial charge >= 0.3 is 0 Å². The predicted molar refractivity (Wildman–Crippen MR) is 95.0 cm³/mol. The molecule has 0 heterocycles. The van der Waals surface area contributed by atoms with Crippen molar-refractivity contribution < 1.29 is 29.5 Å². The van der Waals surface area contributed by atoms with Crippen LogP contribution in [-0.4, -0.2) is 36.6 Å². The van der Waals surface area contributed by atoms with Crippen LogP contribution in [-0.2, 0) is 13.2 Å². The van der Waals surface area contributed by atoms with Crippen molar-refractivity contribution in [1.29, 1.82) is 0 Å². The van der Waals surface area contributed by atoms with E-state index in [2.05, 4.69) is 0 Å². The average molecular weight is 346 g/mol. The summed E-state index contributed by atoms with van der Waals surface area (Å²) in [5, 5.41) is 29.2. The minimum Gasteiger partial charge on any atom is -0.504 e. The summed E-state index contributed by atoms with van der Waals surface area (Å²) in [6, 6.07) is 6.91. The number of aromatic hydroxyl groups is 1. The number of phenols is 1. The third-order valence-electron chi connectivity index (χ3n) is 3.88. The van der Waals surface area contributed by atoms with E-state index < -0.39 is 0 Å². The molecule has 0 aliphatic rings. The zero-order valence-corrected chi connectivity index (χ0v) is 14.4. The number of methoxy groups -OCH3 is 3. The van der Waals surface area contributed by atoms with Crippen molar-refractivity contribution in [3.8, 4) is 23.0 Å². The van der Waals surface area contributed by atoms with Crippen molar-refractivity contribution >= 4 is 12.2 Å². The highest BCUT2D eigenvalue weighted by Crippen LogP contribution is 2.39. The lowest BCUT2D eigenvalue weighted by Gasteiger charge is -2.12. The first-order valence-electron chi connectivity index (χ1n) is 7.63. The van der Waals surface area contributed by atoms with Crippen LogP contribution in [0.15, 0.2) is 24.3 Å². The number of rotatable bonds is 7. The van der Waals surface area contributed by atoms with Crippen molar-refractivity contribution in [3.63, 3.8) is 0 Å². The van der Waals surface area contributed by atoms with E-state index in [1.807, 2.05) is 0 Å². The fourth-order valence-corrected chi connectivity index (χ4v) is 2.57. The third kappa shape index (κ3) is 3.87. The Morgan fingerprint density at radius 1 is 0.880 bits per heavy atom. The lowest BCUT2D eigenvalue weighted by Crippen LogP contribution is -1.99. The van der Waals surface area contributed by atoms with Crippen LogP contribution < -0.4 is 14.2 Å². The van der Waals surface area contributed by atoms with Crippen LogP contribution in [0.5, 0.6) is 23.0 Å². The summed E-state index contributed by atoms with van der Waals surface area (Å²) in [7, 11) is 4.46. The molecule has 0 amide bonds. The molecule has 0 aliphatic heterocycles. The topological polar surface area (TPSA) is 88.4 Å². The normalized spacial score (nSPS) is 10.9. The Balaban J connectivity index is 2.43. The van der Waals surface area contributed by atoms with Gasteiger partial charge in [-0.2, -0.15) is 0 Å². The minimum atomic E-state index is -0.223. The van der Waals surface area contributed by atoms with Gasteiger partial charge in [0.25, 0.3) is 0 Å². The van der Waals surface area contributed by atoms with Gasteiger partial charge in [-0.25, -0.2) is 0 Å². The molecular formula is C19H22O6. The van der Waals surface area contributed by atoms with Gasteiger partial charge in [0.2, 0.25) is 5.75 Å². The van der Waals surface area contributed by atoms with Crippen molar-refractivity contribution in [2.75, 3.05) is 21.3 Å². The highest BCUT2D eigenvalue weighted by atomic mass is 16.5. The number of benzene rings is 2. The van der Waals surface area contributed by atoms with E-state index in [-0.39, 0.29) is 24.7 Å². The summed E-state index contributed by atoms with van der Waals surface area (Å²) >= 11 is 0. The molecular weight excluding hydrogens is 324 g/mol.